The number of aromatic nitrogens is 1. The number of pyridine rings is 1. The third kappa shape index (κ3) is 4.69. The fraction of sp³-hybridized carbons (Fsp3) is 0.286. The van der Waals surface area contributed by atoms with Gasteiger partial charge in [0, 0.05) is 32.2 Å². The van der Waals surface area contributed by atoms with Crippen LogP contribution in [0.1, 0.15) is 32.3 Å². The van der Waals surface area contributed by atoms with Crippen LogP contribution in [-0.4, -0.2) is 42.9 Å². The summed E-state index contributed by atoms with van der Waals surface area (Å²) in [6.45, 7) is 3.34. The van der Waals surface area contributed by atoms with Crippen LogP contribution in [0.4, 0.5) is 5.82 Å². The average Bonchev–Trinajstić information content (AvgIpc) is 2.73. The Bertz CT molecular complexity index is 1110. The number of hydrogen-bond acceptors (Lipinski definition) is 7. The Morgan fingerprint density at radius 3 is 2.55 bits per heavy atom. The quantitative estimate of drug-likeness (QED) is 0.515. The number of ether oxygens (including phenoxy) is 2. The molecule has 164 valence electrons. The van der Waals surface area contributed by atoms with Crippen molar-refractivity contribution in [2.45, 2.75) is 37.9 Å². The Labute approximate surface area is 180 Å². The van der Waals surface area contributed by atoms with E-state index in [1.54, 1.807) is 30.3 Å². The number of hydrogen-bond donors (Lipinski definition) is 1. The maximum absolute atomic E-state index is 13.1. The zero-order chi connectivity index (χ0) is 22.6. The van der Waals surface area contributed by atoms with Crippen molar-refractivity contribution in [3.63, 3.8) is 0 Å². The molecule has 0 spiro atoms. The number of amides is 1. The summed E-state index contributed by atoms with van der Waals surface area (Å²) in [4.78, 5) is 29.0. The topological polar surface area (TPSA) is 115 Å². The van der Waals surface area contributed by atoms with Crippen LogP contribution in [-0.2, 0) is 29.1 Å². The number of likely N-dealkylation sites (N-methyl/N-ethyl adjacent to an activating group) is 1. The highest BCUT2D eigenvalue weighted by Gasteiger charge is 2.39. The Balaban J connectivity index is 2.06. The zero-order valence-electron chi connectivity index (χ0n) is 17.4. The molecule has 1 aliphatic rings. The number of sulfonamides is 1. The normalized spacial score (nSPS) is 15.6. The summed E-state index contributed by atoms with van der Waals surface area (Å²) >= 11 is 0. The molecule has 10 heteroatoms. The molecule has 1 aromatic carbocycles. The van der Waals surface area contributed by atoms with E-state index in [2.05, 4.69) is 10.3 Å². The molecule has 0 aliphatic carbocycles. The molecule has 1 amide bonds. The fourth-order valence-electron chi connectivity index (χ4n) is 3.03. The maximum Gasteiger partial charge on any atom is 0.308 e. The van der Waals surface area contributed by atoms with Crippen molar-refractivity contribution in [1.29, 1.82) is 0 Å². The van der Waals surface area contributed by atoms with E-state index in [4.69, 9.17) is 9.47 Å². The molecule has 31 heavy (non-hydrogen) atoms. The number of carbonyl (C=O) groups is 2. The van der Waals surface area contributed by atoms with Gasteiger partial charge in [-0.1, -0.05) is 25.1 Å². The Hall–Kier alpha value is -3.40. The van der Waals surface area contributed by atoms with Crippen LogP contribution in [0.15, 0.2) is 59.3 Å². The number of anilines is 1. The van der Waals surface area contributed by atoms with Crippen molar-refractivity contribution in [2.75, 3.05) is 12.4 Å². The predicted octanol–water partition coefficient (Wildman–Crippen LogP) is 2.73. The van der Waals surface area contributed by atoms with Gasteiger partial charge in [0.05, 0.1) is 4.90 Å². The second-order valence-electron chi connectivity index (χ2n) is 6.74. The summed E-state index contributed by atoms with van der Waals surface area (Å²) in [7, 11) is -2.74. The van der Waals surface area contributed by atoms with Gasteiger partial charge in [0.1, 0.15) is 5.82 Å². The summed E-state index contributed by atoms with van der Waals surface area (Å²) in [5.41, 5.74) is -0.0482. The molecule has 2 aromatic rings. The second kappa shape index (κ2) is 9.17. The minimum atomic E-state index is -4.00. The molecule has 1 atom stereocenters. The van der Waals surface area contributed by atoms with Crippen molar-refractivity contribution in [3.05, 3.63) is 59.9 Å². The SMILES string of the molecule is CCCC(=O)OC(C)OC1=C(C(=O)Nc2ccccn2)N(C)S(=O)(=O)c2ccccc21. The number of rotatable bonds is 7. The van der Waals surface area contributed by atoms with E-state index in [0.29, 0.717) is 6.42 Å². The minimum Gasteiger partial charge on any atom is -0.452 e. The first kappa shape index (κ1) is 22.3. The molecule has 1 N–H and O–H groups in total. The monoisotopic (exact) mass is 445 g/mol. The molecule has 9 nitrogen and oxygen atoms in total. The highest BCUT2D eigenvalue weighted by molar-refractivity contribution is 7.89. The van der Waals surface area contributed by atoms with Gasteiger partial charge < -0.3 is 14.8 Å². The van der Waals surface area contributed by atoms with Gasteiger partial charge in [0.2, 0.25) is 6.29 Å². The first-order valence-corrected chi connectivity index (χ1v) is 11.1. The minimum absolute atomic E-state index is 0.0156. The van der Waals surface area contributed by atoms with Crippen molar-refractivity contribution in [3.8, 4) is 0 Å². The van der Waals surface area contributed by atoms with E-state index in [1.807, 2.05) is 6.92 Å². The largest absolute Gasteiger partial charge is 0.452 e. The number of esters is 1. The second-order valence-corrected chi connectivity index (χ2v) is 8.68. The Morgan fingerprint density at radius 1 is 1.16 bits per heavy atom. The third-order valence-electron chi connectivity index (χ3n) is 4.46. The smallest absolute Gasteiger partial charge is 0.308 e. The lowest BCUT2D eigenvalue weighted by Crippen LogP contribution is -2.38. The number of nitrogens with one attached hydrogen (secondary N) is 1. The molecule has 0 saturated heterocycles. The Kier molecular flexibility index (Phi) is 6.59. The zero-order valence-corrected chi connectivity index (χ0v) is 18.2. The van der Waals surface area contributed by atoms with Gasteiger partial charge in [0.25, 0.3) is 15.9 Å². The molecule has 3 rings (SSSR count). The van der Waals surface area contributed by atoms with Gasteiger partial charge in [-0.25, -0.2) is 13.4 Å². The van der Waals surface area contributed by atoms with Crippen molar-refractivity contribution < 1.29 is 27.5 Å². The number of fused-ring (bicyclic) bond motifs is 1. The van der Waals surface area contributed by atoms with E-state index < -0.39 is 28.2 Å². The molecule has 0 saturated carbocycles. The first-order valence-electron chi connectivity index (χ1n) is 9.66. The van der Waals surface area contributed by atoms with Crippen LogP contribution < -0.4 is 5.32 Å². The van der Waals surface area contributed by atoms with E-state index >= 15 is 0 Å². The van der Waals surface area contributed by atoms with Gasteiger partial charge in [-0.05, 0) is 30.7 Å². The predicted molar refractivity (Wildman–Crippen MR) is 113 cm³/mol. The fourth-order valence-corrected chi connectivity index (χ4v) is 4.42. The van der Waals surface area contributed by atoms with Gasteiger partial charge >= 0.3 is 5.97 Å². The van der Waals surface area contributed by atoms with E-state index in [9.17, 15) is 18.0 Å². The molecular weight excluding hydrogens is 422 g/mol. The summed E-state index contributed by atoms with van der Waals surface area (Å²) < 4.78 is 37.9. The van der Waals surface area contributed by atoms with E-state index in [1.165, 1.54) is 32.3 Å². The lowest BCUT2D eigenvalue weighted by molar-refractivity contribution is -0.164. The van der Waals surface area contributed by atoms with Crippen LogP contribution >= 0.6 is 0 Å². The Morgan fingerprint density at radius 2 is 1.87 bits per heavy atom. The number of nitrogens with zero attached hydrogens (tertiary/aromatic N) is 2. The molecule has 2 heterocycles. The third-order valence-corrected chi connectivity index (χ3v) is 6.27. The lowest BCUT2D eigenvalue weighted by atomic mass is 10.1. The number of carbonyl (C=O) groups excluding carboxylic acids is 2. The first-order chi connectivity index (χ1) is 14.8. The summed E-state index contributed by atoms with van der Waals surface area (Å²) in [5.74, 6) is -0.967. The van der Waals surface area contributed by atoms with Gasteiger partial charge in [0.15, 0.2) is 11.5 Å². The van der Waals surface area contributed by atoms with Gasteiger partial charge in [-0.15, -0.1) is 0 Å². The van der Waals surface area contributed by atoms with E-state index in [-0.39, 0.29) is 34.2 Å². The molecular formula is C21H23N3O6S. The van der Waals surface area contributed by atoms with Crippen molar-refractivity contribution in [2.24, 2.45) is 0 Å². The number of benzene rings is 1. The lowest BCUT2D eigenvalue weighted by Gasteiger charge is -2.31. The maximum atomic E-state index is 13.1. The van der Waals surface area contributed by atoms with Crippen LogP contribution in [0.25, 0.3) is 5.76 Å². The molecule has 0 radical (unpaired) electrons. The van der Waals surface area contributed by atoms with Gasteiger partial charge in [-0.2, -0.15) is 0 Å². The summed E-state index contributed by atoms with van der Waals surface area (Å²) in [5, 5.41) is 2.57. The standard InChI is InChI=1S/C21H23N3O6S/c1-4-9-18(25)29-14(2)30-20-15-10-5-6-11-16(15)31(27,28)24(3)19(20)21(26)23-17-12-7-8-13-22-17/h5-8,10-14H,4,9H2,1-3H3,(H,22,23,26). The summed E-state index contributed by atoms with van der Waals surface area (Å²) in [6.07, 6.45) is 1.27. The van der Waals surface area contributed by atoms with Gasteiger partial charge in [-0.3, -0.25) is 13.9 Å². The highest BCUT2D eigenvalue weighted by atomic mass is 32.2. The van der Waals surface area contributed by atoms with Crippen LogP contribution in [0, 0.1) is 0 Å². The van der Waals surface area contributed by atoms with Crippen molar-refractivity contribution >= 4 is 33.5 Å². The van der Waals surface area contributed by atoms with Crippen LogP contribution in [0.5, 0.6) is 0 Å². The highest BCUT2D eigenvalue weighted by Crippen LogP contribution is 2.37. The molecule has 0 fully saturated rings. The van der Waals surface area contributed by atoms with Crippen molar-refractivity contribution in [1.82, 2.24) is 9.29 Å². The van der Waals surface area contributed by atoms with E-state index in [0.717, 1.165) is 4.31 Å². The summed E-state index contributed by atoms with van der Waals surface area (Å²) in [6, 6.07) is 11.1. The molecule has 1 unspecified atom stereocenters. The van der Waals surface area contributed by atoms with Crippen LogP contribution in [0.2, 0.25) is 0 Å². The molecule has 1 aromatic heterocycles. The average molecular weight is 445 g/mol. The van der Waals surface area contributed by atoms with Crippen LogP contribution in [0.3, 0.4) is 0 Å². The molecule has 1 aliphatic heterocycles. The molecule has 0 bridgehead atoms.